The second-order valence-corrected chi connectivity index (χ2v) is 3.18. The Morgan fingerprint density at radius 3 is 3.08 bits per heavy atom. The van der Waals surface area contributed by atoms with Crippen molar-refractivity contribution in [1.82, 2.24) is 0 Å². The average Bonchev–Trinajstić information content (AvgIpc) is 2.13. The predicted octanol–water partition coefficient (Wildman–Crippen LogP) is 3.14. The maximum absolute atomic E-state index is 8.00. The normalized spacial score (nSPS) is 9.00. The number of rotatable bonds is 4. The highest BCUT2D eigenvalue weighted by molar-refractivity contribution is 9.10. The third-order valence-corrected chi connectivity index (χ3v) is 1.81. The van der Waals surface area contributed by atoms with Crippen LogP contribution in [0.4, 0.5) is 0 Å². The molecule has 0 unspecified atom stereocenters. The molecule has 0 bridgehead atoms. The lowest BCUT2D eigenvalue weighted by molar-refractivity contribution is 0.328. The Hall–Kier alpha value is -1.19. The largest absolute Gasteiger partial charge is 0.493 e. The number of benzene rings is 1. The van der Waals surface area contributed by atoms with Crippen molar-refractivity contribution in [3.63, 3.8) is 0 Å². The van der Waals surface area contributed by atoms with Crippen LogP contribution in [-0.2, 0) is 0 Å². The maximum Gasteiger partial charge on any atom is 0.120 e. The fourth-order valence-electron chi connectivity index (χ4n) is 0.806. The van der Waals surface area contributed by atoms with E-state index in [0.29, 0.717) is 13.2 Å². The smallest absolute Gasteiger partial charge is 0.120 e. The van der Waals surface area contributed by atoms with Crippen molar-refractivity contribution in [2.45, 2.75) is 0 Å². The Balaban J connectivity index is 2.40. The molecule has 0 N–H and O–H groups in total. The molecule has 0 heterocycles. The van der Waals surface area contributed by atoms with Crippen LogP contribution in [0.25, 0.3) is 10.4 Å². The molecule has 0 saturated carbocycles. The number of azide groups is 1. The van der Waals surface area contributed by atoms with Crippen LogP contribution in [0.15, 0.2) is 33.9 Å². The minimum absolute atomic E-state index is 0.350. The van der Waals surface area contributed by atoms with Crippen LogP contribution >= 0.6 is 15.9 Å². The van der Waals surface area contributed by atoms with Gasteiger partial charge in [-0.3, -0.25) is 0 Å². The molecule has 0 atom stereocenters. The van der Waals surface area contributed by atoms with Crippen LogP contribution in [-0.4, -0.2) is 13.2 Å². The second-order valence-electron chi connectivity index (χ2n) is 2.26. The Labute approximate surface area is 84.3 Å². The summed E-state index contributed by atoms with van der Waals surface area (Å²) in [5.41, 5.74) is 8.00. The van der Waals surface area contributed by atoms with E-state index in [9.17, 15) is 0 Å². The molecule has 1 rings (SSSR count). The number of hydrogen-bond acceptors (Lipinski definition) is 2. The van der Waals surface area contributed by atoms with Crippen molar-refractivity contribution in [1.29, 1.82) is 0 Å². The Bertz CT molecular complexity index is 323. The lowest BCUT2D eigenvalue weighted by atomic mass is 10.3. The van der Waals surface area contributed by atoms with E-state index in [4.69, 9.17) is 10.3 Å². The van der Waals surface area contributed by atoms with Gasteiger partial charge in [-0.15, -0.1) is 0 Å². The average molecular weight is 242 g/mol. The molecule has 68 valence electrons. The molecule has 1 aromatic rings. The van der Waals surface area contributed by atoms with Gasteiger partial charge in [0, 0.05) is 9.38 Å². The summed E-state index contributed by atoms with van der Waals surface area (Å²) in [5, 5.41) is 3.35. The summed E-state index contributed by atoms with van der Waals surface area (Å²) in [4.78, 5) is 2.62. The van der Waals surface area contributed by atoms with Gasteiger partial charge in [-0.2, -0.15) is 0 Å². The lowest BCUT2D eigenvalue weighted by Gasteiger charge is -2.03. The van der Waals surface area contributed by atoms with Gasteiger partial charge in [-0.25, -0.2) is 0 Å². The van der Waals surface area contributed by atoms with E-state index in [1.165, 1.54) is 0 Å². The molecule has 0 aliphatic heterocycles. The van der Waals surface area contributed by atoms with Crippen LogP contribution in [0.1, 0.15) is 0 Å². The van der Waals surface area contributed by atoms with Crippen molar-refractivity contribution in [3.8, 4) is 5.75 Å². The van der Waals surface area contributed by atoms with Crippen LogP contribution in [0.5, 0.6) is 5.75 Å². The van der Waals surface area contributed by atoms with Crippen LogP contribution in [0, 0.1) is 0 Å². The summed E-state index contributed by atoms with van der Waals surface area (Å²) in [6.45, 7) is 0.753. The maximum atomic E-state index is 8.00. The van der Waals surface area contributed by atoms with Crippen LogP contribution in [0.3, 0.4) is 0 Å². The quantitative estimate of drug-likeness (QED) is 0.346. The van der Waals surface area contributed by atoms with Crippen LogP contribution in [0.2, 0.25) is 0 Å². The Morgan fingerprint density at radius 2 is 2.38 bits per heavy atom. The molecule has 4 nitrogen and oxygen atoms in total. The van der Waals surface area contributed by atoms with Gasteiger partial charge < -0.3 is 4.74 Å². The van der Waals surface area contributed by atoms with E-state index < -0.39 is 0 Å². The standard InChI is InChI=1S/C8H8BrN3O/c9-7-2-1-3-8(6-7)13-5-4-11-12-10/h1-3,6H,4-5H2. The van der Waals surface area contributed by atoms with E-state index >= 15 is 0 Å². The molecule has 0 amide bonds. The molecule has 5 heteroatoms. The van der Waals surface area contributed by atoms with E-state index in [2.05, 4.69) is 26.0 Å². The number of halogens is 1. The third kappa shape index (κ3) is 3.83. The van der Waals surface area contributed by atoms with E-state index in [1.807, 2.05) is 24.3 Å². The zero-order valence-electron chi connectivity index (χ0n) is 6.85. The van der Waals surface area contributed by atoms with Gasteiger partial charge in [-0.05, 0) is 23.7 Å². The first-order valence-corrected chi connectivity index (χ1v) is 4.51. The zero-order valence-corrected chi connectivity index (χ0v) is 8.44. The third-order valence-electron chi connectivity index (χ3n) is 1.32. The van der Waals surface area contributed by atoms with Gasteiger partial charge in [0.15, 0.2) is 0 Å². The fraction of sp³-hybridized carbons (Fsp3) is 0.250. The van der Waals surface area contributed by atoms with E-state index in [0.717, 1.165) is 10.2 Å². The summed E-state index contributed by atoms with van der Waals surface area (Å²) in [6, 6.07) is 7.50. The van der Waals surface area contributed by atoms with E-state index in [-0.39, 0.29) is 0 Å². The monoisotopic (exact) mass is 241 g/mol. The molecule has 0 aliphatic carbocycles. The van der Waals surface area contributed by atoms with Crippen molar-refractivity contribution in [3.05, 3.63) is 39.2 Å². The molecular formula is C8H8BrN3O. The highest BCUT2D eigenvalue weighted by Gasteiger charge is 1.92. The zero-order chi connectivity index (χ0) is 9.52. The summed E-state index contributed by atoms with van der Waals surface area (Å²) in [6.07, 6.45) is 0. The fourth-order valence-corrected chi connectivity index (χ4v) is 1.18. The van der Waals surface area contributed by atoms with Gasteiger partial charge in [0.05, 0.1) is 13.2 Å². The van der Waals surface area contributed by atoms with Gasteiger partial charge >= 0.3 is 0 Å². The first-order chi connectivity index (χ1) is 6.33. The minimum atomic E-state index is 0.350. The van der Waals surface area contributed by atoms with Gasteiger partial charge in [0.25, 0.3) is 0 Å². The van der Waals surface area contributed by atoms with E-state index in [1.54, 1.807) is 0 Å². The van der Waals surface area contributed by atoms with Crippen LogP contribution < -0.4 is 4.74 Å². The Morgan fingerprint density at radius 1 is 1.54 bits per heavy atom. The molecule has 1 aromatic carbocycles. The van der Waals surface area contributed by atoms with Gasteiger partial charge in [-0.1, -0.05) is 27.1 Å². The van der Waals surface area contributed by atoms with Crippen molar-refractivity contribution < 1.29 is 4.74 Å². The predicted molar refractivity (Wildman–Crippen MR) is 53.7 cm³/mol. The summed E-state index contributed by atoms with van der Waals surface area (Å²) >= 11 is 3.32. The molecule has 0 fully saturated rings. The van der Waals surface area contributed by atoms with Gasteiger partial charge in [0.2, 0.25) is 0 Å². The molecule has 0 aromatic heterocycles. The summed E-state index contributed by atoms with van der Waals surface area (Å²) < 4.78 is 6.26. The molecule has 0 spiro atoms. The highest BCUT2D eigenvalue weighted by Crippen LogP contribution is 2.17. The number of ether oxygens (including phenoxy) is 1. The molecule has 13 heavy (non-hydrogen) atoms. The topological polar surface area (TPSA) is 58.0 Å². The van der Waals surface area contributed by atoms with Crippen molar-refractivity contribution >= 4 is 15.9 Å². The summed E-state index contributed by atoms with van der Waals surface area (Å²) in [5.74, 6) is 0.766. The summed E-state index contributed by atoms with van der Waals surface area (Å²) in [7, 11) is 0. The van der Waals surface area contributed by atoms with Crippen molar-refractivity contribution in [2.75, 3.05) is 13.2 Å². The second kappa shape index (κ2) is 5.45. The number of nitrogens with zero attached hydrogens (tertiary/aromatic N) is 3. The first kappa shape index (κ1) is 9.89. The molecule has 0 aliphatic rings. The van der Waals surface area contributed by atoms with Crippen molar-refractivity contribution in [2.24, 2.45) is 5.11 Å². The molecule has 0 saturated heterocycles. The highest BCUT2D eigenvalue weighted by atomic mass is 79.9. The molecule has 0 radical (unpaired) electrons. The first-order valence-electron chi connectivity index (χ1n) is 3.72. The Kier molecular flexibility index (Phi) is 4.15. The lowest BCUT2D eigenvalue weighted by Crippen LogP contribution is -1.99. The van der Waals surface area contributed by atoms with Gasteiger partial charge in [0.1, 0.15) is 5.75 Å². The molecular weight excluding hydrogens is 234 g/mol. The SMILES string of the molecule is [N-]=[N+]=NCCOc1cccc(Br)c1. The number of hydrogen-bond donors (Lipinski definition) is 0. The minimum Gasteiger partial charge on any atom is -0.493 e.